The van der Waals surface area contributed by atoms with Gasteiger partial charge in [-0.25, -0.2) is 9.48 Å². The molecule has 0 amide bonds. The molecule has 23 heavy (non-hydrogen) atoms. The van der Waals surface area contributed by atoms with Crippen molar-refractivity contribution in [1.29, 1.82) is 0 Å². The van der Waals surface area contributed by atoms with Crippen LogP contribution in [0.1, 0.15) is 19.2 Å². The average molecular weight is 339 g/mol. The molecular weight excluding hydrogens is 324 g/mol. The molecule has 0 spiro atoms. The summed E-state index contributed by atoms with van der Waals surface area (Å²) < 4.78 is 5.46. The molecule has 0 atom stereocenters. The van der Waals surface area contributed by atoms with Crippen molar-refractivity contribution in [2.45, 2.75) is 26.4 Å². The molecule has 11 heteroatoms. The van der Waals surface area contributed by atoms with Crippen molar-refractivity contribution in [3.05, 3.63) is 31.9 Å². The maximum atomic E-state index is 12.4. The summed E-state index contributed by atoms with van der Waals surface area (Å²) in [5.74, 6) is 0.559. The molecule has 0 N–H and O–H groups in total. The van der Waals surface area contributed by atoms with Gasteiger partial charge in [0.05, 0.1) is 6.54 Å². The number of nitrogens with zero attached hydrogens (tertiary/aromatic N) is 8. The van der Waals surface area contributed by atoms with Gasteiger partial charge in [-0.1, -0.05) is 6.92 Å². The van der Waals surface area contributed by atoms with Crippen LogP contribution in [0.2, 0.25) is 5.28 Å². The lowest BCUT2D eigenvalue weighted by Crippen LogP contribution is -2.37. The number of hydrogen-bond donors (Lipinski definition) is 0. The molecule has 3 aromatic rings. The van der Waals surface area contributed by atoms with Crippen molar-refractivity contribution in [2.24, 2.45) is 14.1 Å². The summed E-state index contributed by atoms with van der Waals surface area (Å²) in [4.78, 5) is 28.6. The van der Waals surface area contributed by atoms with Crippen LogP contribution in [0.5, 0.6) is 0 Å². The van der Waals surface area contributed by atoms with Crippen molar-refractivity contribution in [2.75, 3.05) is 0 Å². The highest BCUT2D eigenvalue weighted by atomic mass is 35.5. The zero-order chi connectivity index (χ0) is 16.7. The van der Waals surface area contributed by atoms with Gasteiger partial charge in [0.2, 0.25) is 5.28 Å². The van der Waals surface area contributed by atoms with E-state index in [-0.39, 0.29) is 23.0 Å². The van der Waals surface area contributed by atoms with E-state index < -0.39 is 11.2 Å². The lowest BCUT2D eigenvalue weighted by molar-refractivity contribution is 0.545. The number of fused-ring (bicyclic) bond motifs is 1. The molecule has 0 bridgehead atoms. The van der Waals surface area contributed by atoms with E-state index in [1.54, 1.807) is 11.7 Å². The first-order valence-electron chi connectivity index (χ1n) is 7.02. The van der Waals surface area contributed by atoms with E-state index in [4.69, 9.17) is 11.6 Å². The Kier molecular flexibility index (Phi) is 3.76. The Morgan fingerprint density at radius 1 is 1.17 bits per heavy atom. The van der Waals surface area contributed by atoms with E-state index in [2.05, 4.69) is 20.5 Å². The van der Waals surface area contributed by atoms with Crippen LogP contribution in [0.4, 0.5) is 0 Å². The largest absolute Gasteiger partial charge is 0.332 e. The first-order valence-corrected chi connectivity index (χ1v) is 7.40. The maximum Gasteiger partial charge on any atom is 0.332 e. The van der Waals surface area contributed by atoms with E-state index in [9.17, 15) is 9.59 Å². The summed E-state index contributed by atoms with van der Waals surface area (Å²) in [6.45, 7) is 2.86. The third kappa shape index (κ3) is 2.34. The number of halogens is 1. The van der Waals surface area contributed by atoms with Gasteiger partial charge < -0.3 is 4.57 Å². The molecule has 0 aliphatic rings. The van der Waals surface area contributed by atoms with Gasteiger partial charge in [0, 0.05) is 20.6 Å². The van der Waals surface area contributed by atoms with E-state index in [1.807, 2.05) is 6.92 Å². The predicted molar refractivity (Wildman–Crippen MR) is 82.4 cm³/mol. The summed E-state index contributed by atoms with van der Waals surface area (Å²) in [7, 11) is 2.95. The Morgan fingerprint density at radius 3 is 2.61 bits per heavy atom. The molecule has 0 aliphatic heterocycles. The van der Waals surface area contributed by atoms with Gasteiger partial charge in [-0.2, -0.15) is 4.98 Å². The number of aromatic nitrogens is 8. The van der Waals surface area contributed by atoms with Crippen LogP contribution in [0, 0.1) is 0 Å². The Morgan fingerprint density at radius 2 is 1.91 bits per heavy atom. The first kappa shape index (κ1) is 15.4. The Labute approximate surface area is 134 Å². The van der Waals surface area contributed by atoms with Crippen molar-refractivity contribution in [3.8, 4) is 0 Å². The molecule has 3 aromatic heterocycles. The molecule has 10 nitrogen and oxygen atoms in total. The number of aryl methyl sites for hydroxylation is 2. The summed E-state index contributed by atoms with van der Waals surface area (Å²) >= 11 is 6.17. The zero-order valence-electron chi connectivity index (χ0n) is 12.9. The standard InChI is InChI=1S/C12H15ClN8O2/c1-4-5-21-7(15-16-17-21)6-20-8-9(14-11(20)13)18(2)12(23)19(3)10(8)22/h4-6H2,1-3H3. The zero-order valence-corrected chi connectivity index (χ0v) is 13.6. The van der Waals surface area contributed by atoms with Gasteiger partial charge in [-0.15, -0.1) is 5.10 Å². The Hall–Kier alpha value is -2.49. The van der Waals surface area contributed by atoms with Gasteiger partial charge in [0.25, 0.3) is 5.56 Å². The first-order chi connectivity index (χ1) is 11.0. The fourth-order valence-electron chi connectivity index (χ4n) is 2.43. The minimum absolute atomic E-state index is 0.101. The molecule has 0 aromatic carbocycles. The molecule has 0 saturated carbocycles. The minimum atomic E-state index is -0.461. The van der Waals surface area contributed by atoms with Gasteiger partial charge in [0.1, 0.15) is 0 Å². The van der Waals surface area contributed by atoms with E-state index in [0.717, 1.165) is 11.0 Å². The van der Waals surface area contributed by atoms with Crippen molar-refractivity contribution >= 4 is 22.8 Å². The van der Waals surface area contributed by atoms with E-state index in [1.165, 1.54) is 16.2 Å². The lowest BCUT2D eigenvalue weighted by Gasteiger charge is -2.07. The molecule has 3 heterocycles. The number of tetrazole rings is 1. The van der Waals surface area contributed by atoms with Gasteiger partial charge in [0.15, 0.2) is 17.0 Å². The monoisotopic (exact) mass is 338 g/mol. The van der Waals surface area contributed by atoms with Crippen LogP contribution < -0.4 is 11.2 Å². The SMILES string of the molecule is CCCn1nnnc1Cn1c(Cl)nc2c1c(=O)n(C)c(=O)n2C. The van der Waals surface area contributed by atoms with Crippen LogP contribution in [0.25, 0.3) is 11.2 Å². The second kappa shape index (κ2) is 5.61. The Bertz CT molecular complexity index is 995. The van der Waals surface area contributed by atoms with Crippen LogP contribution in [-0.2, 0) is 27.2 Å². The third-order valence-corrected chi connectivity index (χ3v) is 3.93. The Balaban J connectivity index is 2.22. The van der Waals surface area contributed by atoms with Crippen molar-refractivity contribution in [3.63, 3.8) is 0 Å². The second-order valence-corrected chi connectivity index (χ2v) is 5.50. The van der Waals surface area contributed by atoms with Crippen molar-refractivity contribution in [1.82, 2.24) is 38.9 Å². The fourth-order valence-corrected chi connectivity index (χ4v) is 2.65. The van der Waals surface area contributed by atoms with Gasteiger partial charge in [-0.3, -0.25) is 13.9 Å². The van der Waals surface area contributed by atoms with Crippen LogP contribution in [0.15, 0.2) is 9.59 Å². The van der Waals surface area contributed by atoms with E-state index in [0.29, 0.717) is 12.4 Å². The highest BCUT2D eigenvalue weighted by molar-refractivity contribution is 6.29. The average Bonchev–Trinajstić information content (AvgIpc) is 3.09. The highest BCUT2D eigenvalue weighted by Gasteiger charge is 2.19. The van der Waals surface area contributed by atoms with Crippen LogP contribution >= 0.6 is 11.6 Å². The van der Waals surface area contributed by atoms with Crippen LogP contribution in [-0.4, -0.2) is 38.9 Å². The van der Waals surface area contributed by atoms with Gasteiger partial charge in [-0.05, 0) is 28.4 Å². The summed E-state index contributed by atoms with van der Waals surface area (Å²) in [5.41, 5.74) is -0.445. The minimum Gasteiger partial charge on any atom is -0.301 e. The normalized spacial score (nSPS) is 11.5. The van der Waals surface area contributed by atoms with Crippen molar-refractivity contribution < 1.29 is 0 Å². The molecule has 122 valence electrons. The topological polar surface area (TPSA) is 105 Å². The highest BCUT2D eigenvalue weighted by Crippen LogP contribution is 2.16. The number of imidazole rings is 1. The third-order valence-electron chi connectivity index (χ3n) is 3.64. The molecule has 3 rings (SSSR count). The molecule has 0 fully saturated rings. The number of hydrogen-bond acceptors (Lipinski definition) is 6. The second-order valence-electron chi connectivity index (χ2n) is 5.16. The lowest BCUT2D eigenvalue weighted by atomic mass is 10.4. The fraction of sp³-hybridized carbons (Fsp3) is 0.500. The van der Waals surface area contributed by atoms with Gasteiger partial charge >= 0.3 is 5.69 Å². The summed E-state index contributed by atoms with van der Waals surface area (Å²) in [5, 5.41) is 11.6. The quantitative estimate of drug-likeness (QED) is 0.595. The smallest absolute Gasteiger partial charge is 0.301 e. The maximum absolute atomic E-state index is 12.4. The molecule has 0 saturated heterocycles. The summed E-state index contributed by atoms with van der Waals surface area (Å²) in [6, 6.07) is 0. The summed E-state index contributed by atoms with van der Waals surface area (Å²) in [6.07, 6.45) is 0.868. The van der Waals surface area contributed by atoms with E-state index >= 15 is 0 Å². The molecule has 0 aliphatic carbocycles. The predicted octanol–water partition coefficient (Wildman–Crippen LogP) is -0.468. The molecular formula is C12H15ClN8O2. The molecule has 0 radical (unpaired) electrons. The number of rotatable bonds is 4. The van der Waals surface area contributed by atoms with Crippen LogP contribution in [0.3, 0.4) is 0 Å². The molecule has 0 unspecified atom stereocenters.